The first-order chi connectivity index (χ1) is 8.78. The van der Waals surface area contributed by atoms with Gasteiger partial charge in [0.15, 0.2) is 0 Å². The molecule has 0 saturated carbocycles. The van der Waals surface area contributed by atoms with Crippen molar-refractivity contribution in [1.82, 2.24) is 10.9 Å². The average molecular weight is 244 g/mol. The third-order valence-corrected chi connectivity index (χ3v) is 2.97. The fraction of sp³-hybridized carbons (Fsp3) is 0.357. The SMILES string of the molecule is C#CCCC1(CCOc2cccc(C=O)c2)NN1. The molecule has 0 atom stereocenters. The Hall–Kier alpha value is -1.83. The highest BCUT2D eigenvalue weighted by atomic mass is 16.5. The number of rotatable bonds is 7. The molecule has 4 heteroatoms. The Morgan fingerprint density at radius 1 is 1.39 bits per heavy atom. The largest absolute Gasteiger partial charge is 0.493 e. The molecule has 0 amide bonds. The van der Waals surface area contributed by atoms with Gasteiger partial charge in [0, 0.05) is 18.4 Å². The first kappa shape index (κ1) is 12.6. The van der Waals surface area contributed by atoms with Gasteiger partial charge in [-0.05, 0) is 18.6 Å². The monoisotopic (exact) mass is 244 g/mol. The zero-order valence-electron chi connectivity index (χ0n) is 10.1. The zero-order valence-corrected chi connectivity index (χ0v) is 10.1. The van der Waals surface area contributed by atoms with Gasteiger partial charge < -0.3 is 4.74 Å². The number of nitrogens with one attached hydrogen (secondary N) is 2. The number of ether oxygens (including phenoxy) is 1. The lowest BCUT2D eigenvalue weighted by Crippen LogP contribution is -2.21. The predicted octanol–water partition coefficient (Wildman–Crippen LogP) is 1.49. The number of hydrazine groups is 1. The molecule has 1 aliphatic rings. The van der Waals surface area contributed by atoms with Crippen molar-refractivity contribution in [2.24, 2.45) is 0 Å². The maximum absolute atomic E-state index is 10.6. The third-order valence-electron chi connectivity index (χ3n) is 2.97. The van der Waals surface area contributed by atoms with Crippen LogP contribution in [-0.4, -0.2) is 18.6 Å². The quantitative estimate of drug-likeness (QED) is 0.433. The van der Waals surface area contributed by atoms with E-state index in [9.17, 15) is 4.79 Å². The summed E-state index contributed by atoms with van der Waals surface area (Å²) in [4.78, 5) is 10.6. The van der Waals surface area contributed by atoms with Crippen molar-refractivity contribution in [3.63, 3.8) is 0 Å². The Morgan fingerprint density at radius 2 is 2.22 bits per heavy atom. The van der Waals surface area contributed by atoms with Gasteiger partial charge >= 0.3 is 0 Å². The maximum Gasteiger partial charge on any atom is 0.150 e. The van der Waals surface area contributed by atoms with Crippen molar-refractivity contribution in [2.75, 3.05) is 6.61 Å². The Balaban J connectivity index is 1.78. The molecule has 0 spiro atoms. The van der Waals surface area contributed by atoms with E-state index in [1.165, 1.54) is 0 Å². The molecular weight excluding hydrogens is 228 g/mol. The van der Waals surface area contributed by atoms with Gasteiger partial charge in [-0.3, -0.25) is 4.79 Å². The summed E-state index contributed by atoms with van der Waals surface area (Å²) in [6.07, 6.45) is 8.52. The van der Waals surface area contributed by atoms with Crippen LogP contribution < -0.4 is 15.6 Å². The smallest absolute Gasteiger partial charge is 0.150 e. The Morgan fingerprint density at radius 3 is 2.89 bits per heavy atom. The predicted molar refractivity (Wildman–Crippen MR) is 69.0 cm³/mol. The van der Waals surface area contributed by atoms with Gasteiger partial charge in [-0.25, -0.2) is 10.9 Å². The second kappa shape index (κ2) is 5.67. The highest BCUT2D eigenvalue weighted by Crippen LogP contribution is 2.22. The molecule has 1 aliphatic heterocycles. The molecule has 0 radical (unpaired) electrons. The van der Waals surface area contributed by atoms with Crippen LogP contribution in [0.2, 0.25) is 0 Å². The topological polar surface area (TPSA) is 70.2 Å². The average Bonchev–Trinajstić information content (AvgIpc) is 3.17. The number of carbonyl (C=O) groups is 1. The van der Waals surface area contributed by atoms with E-state index in [2.05, 4.69) is 16.8 Å². The second-order valence-electron chi connectivity index (χ2n) is 4.33. The molecule has 94 valence electrons. The molecule has 0 aromatic heterocycles. The minimum Gasteiger partial charge on any atom is -0.493 e. The molecular formula is C14H16N2O2. The van der Waals surface area contributed by atoms with Crippen molar-refractivity contribution >= 4 is 6.29 Å². The zero-order chi connectivity index (χ0) is 12.8. The summed E-state index contributed by atoms with van der Waals surface area (Å²) < 4.78 is 5.61. The summed E-state index contributed by atoms with van der Waals surface area (Å²) in [5, 5.41) is 0. The van der Waals surface area contributed by atoms with Gasteiger partial charge in [0.25, 0.3) is 0 Å². The van der Waals surface area contributed by atoms with Gasteiger partial charge in [-0.15, -0.1) is 12.3 Å². The van der Waals surface area contributed by atoms with Crippen LogP contribution in [0, 0.1) is 12.3 Å². The Labute approximate surface area is 107 Å². The van der Waals surface area contributed by atoms with Crippen molar-refractivity contribution in [2.45, 2.75) is 24.9 Å². The van der Waals surface area contributed by atoms with Gasteiger partial charge in [-0.2, -0.15) is 0 Å². The standard InChI is InChI=1S/C14H16N2O2/c1-2-3-7-14(15-16-14)8-9-18-13-6-4-5-12(10-13)11-17/h1,4-6,10-11,15-16H,3,7-9H2. The molecule has 1 saturated heterocycles. The van der Waals surface area contributed by atoms with E-state index in [0.717, 1.165) is 25.5 Å². The summed E-state index contributed by atoms with van der Waals surface area (Å²) >= 11 is 0. The summed E-state index contributed by atoms with van der Waals surface area (Å²) in [5.74, 6) is 3.34. The van der Waals surface area contributed by atoms with E-state index in [4.69, 9.17) is 11.2 Å². The highest BCUT2D eigenvalue weighted by Gasteiger charge is 2.40. The number of hydrogen-bond donors (Lipinski definition) is 2. The number of hydrogen-bond acceptors (Lipinski definition) is 4. The van der Waals surface area contributed by atoms with Crippen LogP contribution in [0.1, 0.15) is 29.6 Å². The molecule has 18 heavy (non-hydrogen) atoms. The number of benzene rings is 1. The highest BCUT2D eigenvalue weighted by molar-refractivity contribution is 5.75. The number of terminal acetylenes is 1. The first-order valence-electron chi connectivity index (χ1n) is 5.94. The fourth-order valence-electron chi connectivity index (χ4n) is 1.77. The van der Waals surface area contributed by atoms with E-state index in [1.54, 1.807) is 18.2 Å². The van der Waals surface area contributed by atoms with Crippen LogP contribution in [0.3, 0.4) is 0 Å². The normalized spacial score (nSPS) is 15.7. The van der Waals surface area contributed by atoms with Crippen LogP contribution in [0.4, 0.5) is 0 Å². The fourth-order valence-corrected chi connectivity index (χ4v) is 1.77. The van der Waals surface area contributed by atoms with E-state index in [0.29, 0.717) is 17.9 Å². The lowest BCUT2D eigenvalue weighted by atomic mass is 10.1. The van der Waals surface area contributed by atoms with Gasteiger partial charge in [0.05, 0.1) is 12.3 Å². The van der Waals surface area contributed by atoms with Gasteiger partial charge in [-0.1, -0.05) is 12.1 Å². The minimum absolute atomic E-state index is 0.0609. The Kier molecular flexibility index (Phi) is 3.98. The van der Waals surface area contributed by atoms with E-state index in [-0.39, 0.29) is 5.66 Å². The maximum atomic E-state index is 10.6. The van der Waals surface area contributed by atoms with Crippen LogP contribution in [0.5, 0.6) is 5.75 Å². The van der Waals surface area contributed by atoms with Crippen molar-refractivity contribution in [1.29, 1.82) is 0 Å². The minimum atomic E-state index is -0.0609. The summed E-state index contributed by atoms with van der Waals surface area (Å²) in [5.41, 5.74) is 6.78. The molecule has 2 N–H and O–H groups in total. The van der Waals surface area contributed by atoms with Crippen LogP contribution in [0.25, 0.3) is 0 Å². The van der Waals surface area contributed by atoms with Gasteiger partial charge in [0.1, 0.15) is 12.0 Å². The molecule has 0 unspecified atom stereocenters. The van der Waals surface area contributed by atoms with Crippen LogP contribution >= 0.6 is 0 Å². The Bertz CT molecular complexity index is 461. The molecule has 4 nitrogen and oxygen atoms in total. The van der Waals surface area contributed by atoms with Gasteiger partial charge in [0.2, 0.25) is 0 Å². The molecule has 0 aliphatic carbocycles. The van der Waals surface area contributed by atoms with Crippen LogP contribution in [0.15, 0.2) is 24.3 Å². The molecule has 1 aromatic carbocycles. The second-order valence-corrected chi connectivity index (χ2v) is 4.33. The summed E-state index contributed by atoms with van der Waals surface area (Å²) in [6, 6.07) is 7.13. The van der Waals surface area contributed by atoms with Crippen molar-refractivity contribution in [3.05, 3.63) is 29.8 Å². The third kappa shape index (κ3) is 3.33. The summed E-state index contributed by atoms with van der Waals surface area (Å²) in [7, 11) is 0. The van der Waals surface area contributed by atoms with Crippen molar-refractivity contribution in [3.8, 4) is 18.1 Å². The lowest BCUT2D eigenvalue weighted by molar-refractivity contribution is 0.112. The van der Waals surface area contributed by atoms with Crippen molar-refractivity contribution < 1.29 is 9.53 Å². The molecule has 1 aromatic rings. The van der Waals surface area contributed by atoms with E-state index >= 15 is 0 Å². The molecule has 1 heterocycles. The summed E-state index contributed by atoms with van der Waals surface area (Å²) in [6.45, 7) is 0.576. The molecule has 1 fully saturated rings. The van der Waals surface area contributed by atoms with Crippen LogP contribution in [-0.2, 0) is 0 Å². The number of carbonyl (C=O) groups excluding carboxylic acids is 1. The molecule has 2 rings (SSSR count). The molecule has 0 bridgehead atoms. The lowest BCUT2D eigenvalue weighted by Gasteiger charge is -2.11. The first-order valence-corrected chi connectivity index (χ1v) is 5.94. The van der Waals surface area contributed by atoms with E-state index < -0.39 is 0 Å². The number of aldehydes is 1. The van der Waals surface area contributed by atoms with E-state index in [1.807, 2.05) is 6.07 Å².